The molecule has 1 fully saturated rings. The number of hydrogen-bond donors (Lipinski definition) is 1. The van der Waals surface area contributed by atoms with Gasteiger partial charge in [0.2, 0.25) is 0 Å². The lowest BCUT2D eigenvalue weighted by Crippen LogP contribution is -2.49. The Morgan fingerprint density at radius 2 is 1.95 bits per heavy atom. The van der Waals surface area contributed by atoms with E-state index in [-0.39, 0.29) is 18.1 Å². The Bertz CT molecular complexity index is 496. The molecule has 5 heteroatoms. The lowest BCUT2D eigenvalue weighted by molar-refractivity contribution is 0.0186. The second-order valence-corrected chi connectivity index (χ2v) is 7.78. The Labute approximate surface area is 140 Å². The van der Waals surface area contributed by atoms with E-state index in [1.165, 1.54) is 9.13 Å². The summed E-state index contributed by atoms with van der Waals surface area (Å²) < 4.78 is 6.66. The van der Waals surface area contributed by atoms with Gasteiger partial charge in [-0.2, -0.15) is 0 Å². The summed E-state index contributed by atoms with van der Waals surface area (Å²) in [6.07, 6.45) is 0.556. The van der Waals surface area contributed by atoms with Crippen LogP contribution in [0, 0.1) is 3.57 Å². The standard InChI is InChI=1S/C16H23IN2O2/c1-16(2,3)21-15(20)19-9-8-14(18)13(10-19)11-4-6-12(17)7-5-11/h4-7,13-14H,8-10,18H2,1-3H3/t13-,14+/m1/s1. The Morgan fingerprint density at radius 1 is 1.33 bits per heavy atom. The minimum absolute atomic E-state index is 0.0868. The summed E-state index contributed by atoms with van der Waals surface area (Å²) in [6, 6.07) is 8.45. The first-order valence-corrected chi connectivity index (χ1v) is 8.33. The van der Waals surface area contributed by atoms with Gasteiger partial charge < -0.3 is 15.4 Å². The van der Waals surface area contributed by atoms with Crippen LogP contribution < -0.4 is 5.73 Å². The van der Waals surface area contributed by atoms with Gasteiger partial charge in [0.1, 0.15) is 5.60 Å². The number of likely N-dealkylation sites (tertiary alicyclic amines) is 1. The molecule has 1 aliphatic heterocycles. The SMILES string of the molecule is CC(C)(C)OC(=O)N1CC[C@H](N)[C@@H](c2ccc(I)cc2)C1. The lowest BCUT2D eigenvalue weighted by atomic mass is 9.87. The van der Waals surface area contributed by atoms with Crippen LogP contribution in [0.25, 0.3) is 0 Å². The van der Waals surface area contributed by atoms with Gasteiger partial charge >= 0.3 is 6.09 Å². The monoisotopic (exact) mass is 402 g/mol. The Kier molecular flexibility index (Phi) is 5.14. The van der Waals surface area contributed by atoms with Crippen LogP contribution in [-0.4, -0.2) is 35.7 Å². The molecule has 0 saturated carbocycles. The summed E-state index contributed by atoms with van der Waals surface area (Å²) in [5, 5.41) is 0. The number of amides is 1. The van der Waals surface area contributed by atoms with Gasteiger partial charge in [-0.15, -0.1) is 0 Å². The number of halogens is 1. The summed E-state index contributed by atoms with van der Waals surface area (Å²) in [5.74, 6) is 0.170. The highest BCUT2D eigenvalue weighted by atomic mass is 127. The van der Waals surface area contributed by atoms with Gasteiger partial charge in [0.15, 0.2) is 0 Å². The quantitative estimate of drug-likeness (QED) is 0.734. The van der Waals surface area contributed by atoms with E-state index in [2.05, 4.69) is 46.9 Å². The fraction of sp³-hybridized carbons (Fsp3) is 0.562. The smallest absolute Gasteiger partial charge is 0.410 e. The van der Waals surface area contributed by atoms with Crippen molar-refractivity contribution in [2.75, 3.05) is 13.1 Å². The Balaban J connectivity index is 2.09. The molecule has 1 aliphatic rings. The third-order valence-corrected chi connectivity index (χ3v) is 4.34. The minimum Gasteiger partial charge on any atom is -0.444 e. The van der Waals surface area contributed by atoms with Crippen LogP contribution in [0.4, 0.5) is 4.79 Å². The first kappa shape index (κ1) is 16.5. The number of nitrogens with zero attached hydrogens (tertiary/aromatic N) is 1. The summed E-state index contributed by atoms with van der Waals surface area (Å²) >= 11 is 2.29. The van der Waals surface area contributed by atoms with Crippen molar-refractivity contribution in [1.82, 2.24) is 4.90 Å². The third-order valence-electron chi connectivity index (χ3n) is 3.62. The normalized spacial score (nSPS) is 23.0. The maximum absolute atomic E-state index is 12.2. The number of rotatable bonds is 1. The molecule has 1 aromatic rings. The zero-order valence-corrected chi connectivity index (χ0v) is 15.0. The van der Waals surface area contributed by atoms with Crippen LogP contribution in [0.15, 0.2) is 24.3 Å². The maximum atomic E-state index is 12.2. The summed E-state index contributed by atoms with van der Waals surface area (Å²) in [7, 11) is 0. The van der Waals surface area contributed by atoms with Gasteiger partial charge in [-0.3, -0.25) is 0 Å². The first-order valence-electron chi connectivity index (χ1n) is 7.25. The zero-order chi connectivity index (χ0) is 15.6. The van der Waals surface area contributed by atoms with Crippen molar-refractivity contribution in [3.05, 3.63) is 33.4 Å². The predicted molar refractivity (Wildman–Crippen MR) is 92.3 cm³/mol. The molecule has 0 spiro atoms. The molecule has 0 bridgehead atoms. The Hall–Kier alpha value is -0.820. The van der Waals surface area contributed by atoms with Crippen LogP contribution >= 0.6 is 22.6 Å². The maximum Gasteiger partial charge on any atom is 0.410 e. The van der Waals surface area contributed by atoms with E-state index in [4.69, 9.17) is 10.5 Å². The molecule has 1 saturated heterocycles. The summed E-state index contributed by atoms with van der Waals surface area (Å²) in [4.78, 5) is 14.0. The number of benzene rings is 1. The average Bonchev–Trinajstić information content (AvgIpc) is 2.38. The topological polar surface area (TPSA) is 55.6 Å². The molecule has 116 valence electrons. The second-order valence-electron chi connectivity index (χ2n) is 6.54. The van der Waals surface area contributed by atoms with Crippen molar-refractivity contribution in [3.63, 3.8) is 0 Å². The molecular formula is C16H23IN2O2. The molecular weight excluding hydrogens is 379 g/mol. The van der Waals surface area contributed by atoms with E-state index in [0.717, 1.165) is 6.42 Å². The van der Waals surface area contributed by atoms with Crippen LogP contribution in [0.2, 0.25) is 0 Å². The van der Waals surface area contributed by atoms with Gasteiger partial charge in [0.25, 0.3) is 0 Å². The molecule has 0 unspecified atom stereocenters. The first-order chi connectivity index (χ1) is 9.76. The highest BCUT2D eigenvalue weighted by molar-refractivity contribution is 14.1. The van der Waals surface area contributed by atoms with E-state index in [1.54, 1.807) is 4.90 Å². The molecule has 1 heterocycles. The van der Waals surface area contributed by atoms with E-state index in [0.29, 0.717) is 13.1 Å². The molecule has 0 radical (unpaired) electrons. The van der Waals surface area contributed by atoms with E-state index in [9.17, 15) is 4.79 Å². The second kappa shape index (κ2) is 6.52. The molecule has 0 aromatic heterocycles. The van der Waals surface area contributed by atoms with Crippen molar-refractivity contribution in [2.45, 2.75) is 44.8 Å². The average molecular weight is 402 g/mol. The number of ether oxygens (including phenoxy) is 1. The predicted octanol–water partition coefficient (Wildman–Crippen LogP) is 3.34. The largest absolute Gasteiger partial charge is 0.444 e. The van der Waals surface area contributed by atoms with E-state index < -0.39 is 5.60 Å². The van der Waals surface area contributed by atoms with Gasteiger partial charge in [0, 0.05) is 28.6 Å². The Morgan fingerprint density at radius 3 is 2.52 bits per heavy atom. The van der Waals surface area contributed by atoms with Crippen molar-refractivity contribution in [3.8, 4) is 0 Å². The molecule has 0 aliphatic carbocycles. The molecule has 4 nitrogen and oxygen atoms in total. The fourth-order valence-electron chi connectivity index (χ4n) is 2.53. The molecule has 2 N–H and O–H groups in total. The van der Waals surface area contributed by atoms with Gasteiger partial charge in [-0.25, -0.2) is 4.79 Å². The third kappa shape index (κ3) is 4.57. The minimum atomic E-state index is -0.463. The molecule has 21 heavy (non-hydrogen) atoms. The summed E-state index contributed by atoms with van der Waals surface area (Å²) in [6.45, 7) is 6.94. The van der Waals surface area contributed by atoms with E-state index in [1.807, 2.05) is 20.8 Å². The van der Waals surface area contributed by atoms with Crippen molar-refractivity contribution < 1.29 is 9.53 Å². The van der Waals surface area contributed by atoms with Crippen LogP contribution in [0.3, 0.4) is 0 Å². The zero-order valence-electron chi connectivity index (χ0n) is 12.8. The number of hydrogen-bond acceptors (Lipinski definition) is 3. The van der Waals surface area contributed by atoms with Crippen LogP contribution in [0.5, 0.6) is 0 Å². The van der Waals surface area contributed by atoms with Crippen molar-refractivity contribution >= 4 is 28.7 Å². The van der Waals surface area contributed by atoms with Gasteiger partial charge in [0.05, 0.1) is 0 Å². The van der Waals surface area contributed by atoms with Gasteiger partial charge in [-0.05, 0) is 67.5 Å². The number of nitrogens with two attached hydrogens (primary N) is 1. The molecule has 2 rings (SSSR count). The van der Waals surface area contributed by atoms with Gasteiger partial charge in [-0.1, -0.05) is 12.1 Å². The fourth-order valence-corrected chi connectivity index (χ4v) is 2.88. The molecule has 1 amide bonds. The highest BCUT2D eigenvalue weighted by Gasteiger charge is 2.32. The van der Waals surface area contributed by atoms with Crippen LogP contribution in [0.1, 0.15) is 38.7 Å². The highest BCUT2D eigenvalue weighted by Crippen LogP contribution is 2.27. The molecule has 1 aromatic carbocycles. The number of piperidine rings is 1. The number of carbonyl (C=O) groups is 1. The van der Waals surface area contributed by atoms with Crippen molar-refractivity contribution in [2.24, 2.45) is 5.73 Å². The lowest BCUT2D eigenvalue weighted by Gasteiger charge is -2.37. The van der Waals surface area contributed by atoms with E-state index >= 15 is 0 Å². The van der Waals surface area contributed by atoms with Crippen molar-refractivity contribution in [1.29, 1.82) is 0 Å². The summed E-state index contributed by atoms with van der Waals surface area (Å²) in [5.41, 5.74) is 6.99. The van der Waals surface area contributed by atoms with Crippen LogP contribution in [-0.2, 0) is 4.74 Å². The number of carbonyl (C=O) groups excluding carboxylic acids is 1. The molecule has 2 atom stereocenters.